The first-order valence-corrected chi connectivity index (χ1v) is 5.78. The predicted molar refractivity (Wildman–Crippen MR) is 72.5 cm³/mol. The van der Waals surface area contributed by atoms with Crippen LogP contribution >= 0.6 is 35.4 Å². The monoisotopic (exact) mass is 286 g/mol. The molecule has 0 saturated carbocycles. The van der Waals surface area contributed by atoms with E-state index >= 15 is 0 Å². The van der Waals surface area contributed by atoms with Crippen LogP contribution in [-0.4, -0.2) is 10.8 Å². The van der Waals surface area contributed by atoms with Crippen LogP contribution in [0.3, 0.4) is 0 Å². The van der Waals surface area contributed by atoms with Crippen LogP contribution in [0.5, 0.6) is 0 Å². The molecule has 1 aromatic rings. The minimum atomic E-state index is -0.945. The molecule has 1 rings (SSSR count). The second kappa shape index (κ2) is 5.97. The number of halogens is 2. The molecule has 1 unspecified atom stereocenters. The standard InChI is InChI=1S/C11H8Cl2N2OS/c1-6(16)8(5-14)11(17)15-7-2-3-9(12)10(13)4-7/h2-4,8H,1H3,(H,15,17). The van der Waals surface area contributed by atoms with Gasteiger partial charge in [0.15, 0.2) is 11.7 Å². The number of thiocarbonyl (C=S) groups is 1. The second-order valence-electron chi connectivity index (χ2n) is 3.29. The summed E-state index contributed by atoms with van der Waals surface area (Å²) in [6.45, 7) is 1.32. The Morgan fingerprint density at radius 3 is 2.59 bits per heavy atom. The zero-order valence-corrected chi connectivity index (χ0v) is 11.2. The summed E-state index contributed by atoms with van der Waals surface area (Å²) >= 11 is 16.6. The number of carbonyl (C=O) groups excluding carboxylic acids is 1. The molecule has 17 heavy (non-hydrogen) atoms. The van der Waals surface area contributed by atoms with Gasteiger partial charge in [0.1, 0.15) is 4.99 Å². The van der Waals surface area contributed by atoms with Crippen molar-refractivity contribution in [1.29, 1.82) is 5.26 Å². The fourth-order valence-corrected chi connectivity index (χ4v) is 1.76. The quantitative estimate of drug-likeness (QED) is 0.865. The number of nitrogens with one attached hydrogen (secondary N) is 1. The van der Waals surface area contributed by atoms with Gasteiger partial charge in [-0.3, -0.25) is 4.79 Å². The van der Waals surface area contributed by atoms with Crippen molar-refractivity contribution in [1.82, 2.24) is 0 Å². The van der Waals surface area contributed by atoms with E-state index in [1.165, 1.54) is 6.92 Å². The van der Waals surface area contributed by atoms with Crippen molar-refractivity contribution >= 4 is 51.9 Å². The van der Waals surface area contributed by atoms with Gasteiger partial charge in [-0.15, -0.1) is 0 Å². The van der Waals surface area contributed by atoms with Gasteiger partial charge in [0.2, 0.25) is 0 Å². The third-order valence-electron chi connectivity index (χ3n) is 1.98. The molecule has 1 atom stereocenters. The summed E-state index contributed by atoms with van der Waals surface area (Å²) in [5.74, 6) is -1.25. The Balaban J connectivity index is 2.85. The molecule has 0 radical (unpaired) electrons. The Labute approximate surface area is 114 Å². The number of nitrogens with zero attached hydrogens (tertiary/aromatic N) is 1. The van der Waals surface area contributed by atoms with Crippen molar-refractivity contribution in [2.75, 3.05) is 5.32 Å². The maximum atomic E-state index is 11.1. The number of rotatable bonds is 3. The van der Waals surface area contributed by atoms with E-state index in [9.17, 15) is 4.79 Å². The van der Waals surface area contributed by atoms with Gasteiger partial charge in [0, 0.05) is 5.69 Å². The molecule has 0 saturated heterocycles. The number of hydrogen-bond acceptors (Lipinski definition) is 3. The molecule has 0 aliphatic carbocycles. The number of carbonyl (C=O) groups is 1. The van der Waals surface area contributed by atoms with E-state index in [2.05, 4.69) is 5.32 Å². The van der Waals surface area contributed by atoms with Crippen LogP contribution in [0.2, 0.25) is 10.0 Å². The fourth-order valence-electron chi connectivity index (χ4n) is 1.12. The summed E-state index contributed by atoms with van der Waals surface area (Å²) in [7, 11) is 0. The molecule has 3 nitrogen and oxygen atoms in total. The molecule has 0 fully saturated rings. The molecule has 1 N–H and O–H groups in total. The Morgan fingerprint density at radius 2 is 2.12 bits per heavy atom. The van der Waals surface area contributed by atoms with Crippen molar-refractivity contribution < 1.29 is 4.79 Å². The van der Waals surface area contributed by atoms with E-state index in [0.29, 0.717) is 15.7 Å². The SMILES string of the molecule is CC(=O)C(C#N)C(=S)Nc1ccc(Cl)c(Cl)c1. The van der Waals surface area contributed by atoms with Gasteiger partial charge in [0.05, 0.1) is 16.1 Å². The highest BCUT2D eigenvalue weighted by Crippen LogP contribution is 2.25. The predicted octanol–water partition coefficient (Wildman–Crippen LogP) is 3.46. The van der Waals surface area contributed by atoms with E-state index in [0.717, 1.165) is 0 Å². The maximum Gasteiger partial charge on any atom is 0.155 e. The van der Waals surface area contributed by atoms with Crippen molar-refractivity contribution in [3.8, 4) is 6.07 Å². The first-order chi connectivity index (χ1) is 7.95. The molecule has 0 bridgehead atoms. The fraction of sp³-hybridized carbons (Fsp3) is 0.182. The molecule has 0 spiro atoms. The highest BCUT2D eigenvalue weighted by molar-refractivity contribution is 7.80. The van der Waals surface area contributed by atoms with E-state index in [1.807, 2.05) is 6.07 Å². The molecular weight excluding hydrogens is 279 g/mol. The lowest BCUT2D eigenvalue weighted by atomic mass is 10.1. The van der Waals surface area contributed by atoms with Crippen LogP contribution in [0, 0.1) is 17.2 Å². The Bertz CT molecular complexity index is 511. The van der Waals surface area contributed by atoms with Crippen molar-refractivity contribution in [2.45, 2.75) is 6.92 Å². The second-order valence-corrected chi connectivity index (χ2v) is 4.55. The van der Waals surface area contributed by atoms with Crippen LogP contribution in [0.25, 0.3) is 0 Å². The zero-order chi connectivity index (χ0) is 13.0. The lowest BCUT2D eigenvalue weighted by Gasteiger charge is -2.11. The zero-order valence-electron chi connectivity index (χ0n) is 8.83. The van der Waals surface area contributed by atoms with E-state index in [-0.39, 0.29) is 10.8 Å². The number of hydrogen-bond donors (Lipinski definition) is 1. The van der Waals surface area contributed by atoms with Crippen molar-refractivity contribution in [2.24, 2.45) is 5.92 Å². The van der Waals surface area contributed by atoms with Crippen LogP contribution in [0.15, 0.2) is 18.2 Å². The van der Waals surface area contributed by atoms with Gasteiger partial charge in [0.25, 0.3) is 0 Å². The lowest BCUT2D eigenvalue weighted by Crippen LogP contribution is -2.25. The maximum absolute atomic E-state index is 11.1. The minimum absolute atomic E-state index is 0.151. The highest BCUT2D eigenvalue weighted by atomic mass is 35.5. The first kappa shape index (κ1) is 13.9. The number of benzene rings is 1. The smallest absolute Gasteiger partial charge is 0.155 e. The van der Waals surface area contributed by atoms with E-state index in [4.69, 9.17) is 40.7 Å². The van der Waals surface area contributed by atoms with Gasteiger partial charge >= 0.3 is 0 Å². The summed E-state index contributed by atoms with van der Waals surface area (Å²) in [6, 6.07) is 6.67. The Hall–Kier alpha value is -1.15. The van der Waals surface area contributed by atoms with E-state index in [1.54, 1.807) is 18.2 Å². The molecule has 0 amide bonds. The molecule has 0 aliphatic heterocycles. The molecule has 1 aromatic carbocycles. The Kier molecular flexibility index (Phi) is 4.88. The molecule has 0 heterocycles. The van der Waals surface area contributed by atoms with Gasteiger partial charge in [-0.05, 0) is 25.1 Å². The number of anilines is 1. The largest absolute Gasteiger partial charge is 0.349 e. The molecular formula is C11H8Cl2N2OS. The topological polar surface area (TPSA) is 52.9 Å². The van der Waals surface area contributed by atoms with Crippen LogP contribution in [-0.2, 0) is 4.79 Å². The summed E-state index contributed by atoms with van der Waals surface area (Å²) in [6.07, 6.45) is 0. The molecule has 0 aromatic heterocycles. The number of nitriles is 1. The molecule has 0 aliphatic rings. The normalized spacial score (nSPS) is 11.4. The minimum Gasteiger partial charge on any atom is -0.349 e. The van der Waals surface area contributed by atoms with Crippen LogP contribution in [0.4, 0.5) is 5.69 Å². The Morgan fingerprint density at radius 1 is 1.47 bits per heavy atom. The average molecular weight is 287 g/mol. The third-order valence-corrected chi connectivity index (χ3v) is 3.06. The summed E-state index contributed by atoms with van der Waals surface area (Å²) in [4.78, 5) is 11.3. The van der Waals surface area contributed by atoms with Crippen molar-refractivity contribution in [3.05, 3.63) is 28.2 Å². The van der Waals surface area contributed by atoms with Crippen LogP contribution in [0.1, 0.15) is 6.92 Å². The number of ketones is 1. The van der Waals surface area contributed by atoms with Crippen molar-refractivity contribution in [3.63, 3.8) is 0 Å². The van der Waals surface area contributed by atoms with Gasteiger partial charge in [-0.2, -0.15) is 5.26 Å². The number of Topliss-reactive ketones (excluding diaryl/α,β-unsaturated/α-hetero) is 1. The van der Waals surface area contributed by atoms with Gasteiger partial charge < -0.3 is 5.32 Å². The highest BCUT2D eigenvalue weighted by Gasteiger charge is 2.19. The van der Waals surface area contributed by atoms with Gasteiger partial charge in [-0.1, -0.05) is 35.4 Å². The summed E-state index contributed by atoms with van der Waals surface area (Å²) in [5.41, 5.74) is 0.589. The lowest BCUT2D eigenvalue weighted by molar-refractivity contribution is -0.117. The summed E-state index contributed by atoms with van der Waals surface area (Å²) in [5, 5.41) is 12.4. The molecule has 6 heteroatoms. The van der Waals surface area contributed by atoms with E-state index < -0.39 is 5.92 Å². The third kappa shape index (κ3) is 3.67. The molecule has 88 valence electrons. The average Bonchev–Trinajstić information content (AvgIpc) is 2.24. The van der Waals surface area contributed by atoms with Gasteiger partial charge in [-0.25, -0.2) is 0 Å². The van der Waals surface area contributed by atoms with Crippen LogP contribution < -0.4 is 5.32 Å². The summed E-state index contributed by atoms with van der Waals surface area (Å²) < 4.78 is 0. The first-order valence-electron chi connectivity index (χ1n) is 4.61.